The average Bonchev–Trinajstić information content (AvgIpc) is 3.03. The number of nitrogens with one attached hydrogen (secondary N) is 2. The van der Waals surface area contributed by atoms with Crippen molar-refractivity contribution in [3.63, 3.8) is 0 Å². The van der Waals surface area contributed by atoms with Crippen LogP contribution in [0.3, 0.4) is 0 Å². The summed E-state index contributed by atoms with van der Waals surface area (Å²) in [6.07, 6.45) is 6.33. The van der Waals surface area contributed by atoms with Crippen LogP contribution >= 0.6 is 23.6 Å². The van der Waals surface area contributed by atoms with E-state index in [1.54, 1.807) is 11.3 Å². The van der Waals surface area contributed by atoms with Crippen molar-refractivity contribution in [3.05, 3.63) is 87.8 Å². The van der Waals surface area contributed by atoms with Gasteiger partial charge in [-0.3, -0.25) is 0 Å². The first-order valence-electron chi connectivity index (χ1n) is 12.1. The molecule has 0 fully saturated rings. The summed E-state index contributed by atoms with van der Waals surface area (Å²) >= 11 is 7.28. The lowest BCUT2D eigenvalue weighted by Gasteiger charge is -2.19. The topological polar surface area (TPSA) is 50.4 Å². The van der Waals surface area contributed by atoms with E-state index < -0.39 is 0 Å². The Morgan fingerprint density at radius 2 is 1.65 bits per heavy atom. The fourth-order valence-corrected chi connectivity index (χ4v) is 6.17. The van der Waals surface area contributed by atoms with E-state index >= 15 is 0 Å². The third-order valence-corrected chi connectivity index (χ3v) is 7.70. The summed E-state index contributed by atoms with van der Waals surface area (Å²) in [7, 11) is 0. The number of carbonyl (C=O) groups is 1. The summed E-state index contributed by atoms with van der Waals surface area (Å²) < 4.78 is 5.39. The Morgan fingerprint density at radius 1 is 1.00 bits per heavy atom. The Balaban J connectivity index is 1.44. The van der Waals surface area contributed by atoms with Gasteiger partial charge in [0.2, 0.25) is 0 Å². The molecule has 0 aliphatic heterocycles. The molecule has 0 saturated heterocycles. The minimum absolute atomic E-state index is 0.250. The molecule has 1 aromatic heterocycles. The number of fused-ring (bicyclic) bond motifs is 1. The van der Waals surface area contributed by atoms with Gasteiger partial charge in [0.25, 0.3) is 0 Å². The van der Waals surface area contributed by atoms with Crippen molar-refractivity contribution in [2.75, 3.05) is 18.5 Å². The Bertz CT molecular complexity index is 1060. The zero-order valence-corrected chi connectivity index (χ0v) is 21.3. The summed E-state index contributed by atoms with van der Waals surface area (Å²) in [6.45, 7) is 2.93. The van der Waals surface area contributed by atoms with E-state index in [0.29, 0.717) is 17.3 Å². The van der Waals surface area contributed by atoms with E-state index in [0.717, 1.165) is 49.2 Å². The number of thiocarbonyl (C=S) groups is 1. The number of hydrogen-bond donors (Lipinski definition) is 2. The molecule has 0 unspecified atom stereocenters. The zero-order chi connectivity index (χ0) is 23.8. The predicted molar refractivity (Wildman–Crippen MR) is 145 cm³/mol. The van der Waals surface area contributed by atoms with Crippen LogP contribution in [0.25, 0.3) is 0 Å². The quantitative estimate of drug-likeness (QED) is 0.208. The summed E-state index contributed by atoms with van der Waals surface area (Å²) in [4.78, 5) is 14.1. The average molecular weight is 493 g/mol. The molecule has 0 radical (unpaired) electrons. The number of anilines is 1. The first-order chi connectivity index (χ1) is 16.7. The van der Waals surface area contributed by atoms with Gasteiger partial charge in [-0.15, -0.1) is 11.3 Å². The molecule has 1 aliphatic rings. The third-order valence-electron chi connectivity index (χ3n) is 6.25. The van der Waals surface area contributed by atoms with Crippen LogP contribution in [0.5, 0.6) is 0 Å². The van der Waals surface area contributed by atoms with Gasteiger partial charge in [0.05, 0.1) is 12.2 Å². The number of carbonyl (C=O) groups excluding carboxylic acids is 1. The van der Waals surface area contributed by atoms with Crippen LogP contribution in [-0.2, 0) is 17.6 Å². The van der Waals surface area contributed by atoms with Gasteiger partial charge >= 0.3 is 5.97 Å². The molecule has 34 heavy (non-hydrogen) atoms. The maximum Gasteiger partial charge on any atom is 0.341 e. The van der Waals surface area contributed by atoms with Gasteiger partial charge in [-0.05, 0) is 67.9 Å². The van der Waals surface area contributed by atoms with E-state index in [4.69, 9.17) is 17.0 Å². The maximum absolute atomic E-state index is 12.8. The van der Waals surface area contributed by atoms with Crippen molar-refractivity contribution in [1.82, 2.24) is 5.32 Å². The van der Waals surface area contributed by atoms with Gasteiger partial charge in [-0.25, -0.2) is 4.79 Å². The molecule has 1 aliphatic carbocycles. The molecular weight excluding hydrogens is 460 g/mol. The van der Waals surface area contributed by atoms with Crippen molar-refractivity contribution in [2.24, 2.45) is 0 Å². The van der Waals surface area contributed by atoms with Crippen LogP contribution < -0.4 is 10.6 Å². The van der Waals surface area contributed by atoms with Crippen LogP contribution in [0.15, 0.2) is 60.7 Å². The molecule has 0 amide bonds. The summed E-state index contributed by atoms with van der Waals surface area (Å²) in [5, 5.41) is 8.04. The lowest BCUT2D eigenvalue weighted by atomic mass is 9.88. The van der Waals surface area contributed by atoms with Crippen molar-refractivity contribution in [3.8, 4) is 0 Å². The molecule has 1 heterocycles. The minimum atomic E-state index is -0.250. The van der Waals surface area contributed by atoms with E-state index in [1.165, 1.54) is 22.4 Å². The summed E-state index contributed by atoms with van der Waals surface area (Å²) in [5.74, 6) is 0.0333. The van der Waals surface area contributed by atoms with Crippen molar-refractivity contribution in [2.45, 2.75) is 51.4 Å². The smallest absolute Gasteiger partial charge is 0.341 e. The largest absolute Gasteiger partial charge is 0.462 e. The lowest BCUT2D eigenvalue weighted by Crippen LogP contribution is -2.30. The molecule has 4 rings (SSSR count). The molecule has 3 aromatic rings. The van der Waals surface area contributed by atoms with Crippen LogP contribution in [0, 0.1) is 0 Å². The highest BCUT2D eigenvalue weighted by molar-refractivity contribution is 7.80. The minimum Gasteiger partial charge on any atom is -0.462 e. The third kappa shape index (κ3) is 6.05. The molecule has 0 bridgehead atoms. The second-order valence-corrected chi connectivity index (χ2v) is 10.0. The van der Waals surface area contributed by atoms with E-state index in [-0.39, 0.29) is 11.9 Å². The van der Waals surface area contributed by atoms with Crippen LogP contribution in [0.1, 0.15) is 70.5 Å². The lowest BCUT2D eigenvalue weighted by molar-refractivity contribution is 0.0527. The monoisotopic (exact) mass is 492 g/mol. The normalized spacial score (nSPS) is 13.1. The first-order valence-corrected chi connectivity index (χ1v) is 13.4. The fraction of sp³-hybridized carbons (Fsp3) is 0.357. The Hall–Kier alpha value is -2.70. The van der Waals surface area contributed by atoms with E-state index in [9.17, 15) is 4.79 Å². The standard InChI is InChI=1S/C28H32N2O2S2/c1-2-32-27(31)25-23-16-10-5-11-17-24(23)34-26(25)30-28(33)29-19-18-22(20-12-6-3-7-13-20)21-14-8-4-9-15-21/h3-4,6-9,12-15,22H,2,5,10-11,16-19H2,1H3,(H2,29,30,33). The molecule has 2 N–H and O–H groups in total. The fourth-order valence-electron chi connectivity index (χ4n) is 4.62. The molecule has 0 saturated carbocycles. The number of rotatable bonds is 8. The van der Waals surface area contributed by atoms with Crippen molar-refractivity contribution < 1.29 is 9.53 Å². The number of hydrogen-bond acceptors (Lipinski definition) is 4. The Morgan fingerprint density at radius 3 is 2.29 bits per heavy atom. The van der Waals surface area contributed by atoms with E-state index in [2.05, 4.69) is 59.2 Å². The van der Waals surface area contributed by atoms with E-state index in [1.807, 2.05) is 19.1 Å². The van der Waals surface area contributed by atoms with Gasteiger partial charge < -0.3 is 15.4 Å². The molecule has 2 aromatic carbocycles. The summed E-state index contributed by atoms with van der Waals surface area (Å²) in [6, 6.07) is 21.2. The number of benzene rings is 2. The summed E-state index contributed by atoms with van der Waals surface area (Å²) in [5.41, 5.74) is 4.42. The van der Waals surface area contributed by atoms with Crippen molar-refractivity contribution in [1.29, 1.82) is 0 Å². The highest BCUT2D eigenvalue weighted by Crippen LogP contribution is 2.38. The highest BCUT2D eigenvalue weighted by Gasteiger charge is 2.26. The number of thiophene rings is 1. The maximum atomic E-state index is 12.8. The van der Waals surface area contributed by atoms with Crippen molar-refractivity contribution >= 4 is 39.6 Å². The Kier molecular flexibility index (Phi) is 8.72. The highest BCUT2D eigenvalue weighted by atomic mass is 32.1. The SMILES string of the molecule is CCOC(=O)c1c(NC(=S)NCCC(c2ccccc2)c2ccccc2)sc2c1CCCCC2. The van der Waals surface area contributed by atoms with Crippen LogP contribution in [0.4, 0.5) is 5.00 Å². The second-order valence-electron chi connectivity index (χ2n) is 8.53. The molecule has 6 heteroatoms. The van der Waals surface area contributed by atoms with Gasteiger partial charge in [-0.1, -0.05) is 67.1 Å². The number of esters is 1. The second kappa shape index (κ2) is 12.1. The molecule has 0 atom stereocenters. The van der Waals surface area contributed by atoms with Crippen LogP contribution in [-0.4, -0.2) is 24.2 Å². The van der Waals surface area contributed by atoms with Crippen LogP contribution in [0.2, 0.25) is 0 Å². The van der Waals surface area contributed by atoms with Gasteiger partial charge in [0.1, 0.15) is 5.00 Å². The zero-order valence-electron chi connectivity index (χ0n) is 19.6. The number of aryl methyl sites for hydroxylation is 1. The molecule has 0 spiro atoms. The molecular formula is C28H32N2O2S2. The first kappa shape index (κ1) is 24.4. The Labute approximate surface area is 211 Å². The predicted octanol–water partition coefficient (Wildman–Crippen LogP) is 6.70. The molecule has 4 nitrogen and oxygen atoms in total. The molecule has 178 valence electrons. The van der Waals surface area contributed by atoms with Gasteiger partial charge in [0, 0.05) is 17.3 Å². The number of ether oxygens (including phenoxy) is 1. The van der Waals surface area contributed by atoms with Gasteiger partial charge in [-0.2, -0.15) is 0 Å². The van der Waals surface area contributed by atoms with Gasteiger partial charge in [0.15, 0.2) is 5.11 Å².